The number of unbranched alkanes of at least 4 members (excludes halogenated alkanes) is 1. The number of alkyl halides is 3. The Morgan fingerprint density at radius 1 is 1.12 bits per heavy atom. The van der Waals surface area contributed by atoms with Crippen LogP contribution in [0.2, 0.25) is 0 Å². The molecule has 2 aromatic carbocycles. The average molecular weight is 622 g/mol. The number of nitrogens with one attached hydrogen (secondary N) is 1. The van der Waals surface area contributed by atoms with E-state index in [2.05, 4.69) is 10.1 Å². The van der Waals surface area contributed by atoms with Gasteiger partial charge in [0, 0.05) is 12.0 Å². The van der Waals surface area contributed by atoms with Crippen molar-refractivity contribution in [2.75, 3.05) is 20.3 Å². The van der Waals surface area contributed by atoms with E-state index in [1.807, 2.05) is 27.7 Å². The van der Waals surface area contributed by atoms with Crippen molar-refractivity contribution in [3.05, 3.63) is 56.5 Å². The summed E-state index contributed by atoms with van der Waals surface area (Å²) in [4.78, 5) is 34.6. The molecule has 8 nitrogen and oxygen atoms in total. The Balaban J connectivity index is 1.48. The largest absolute Gasteiger partial charge is 0.493 e. The summed E-state index contributed by atoms with van der Waals surface area (Å²) in [5.74, 6) is 0.204. The monoisotopic (exact) mass is 621 g/mol. The quantitative estimate of drug-likeness (QED) is 0.175. The van der Waals surface area contributed by atoms with E-state index in [1.54, 1.807) is 0 Å². The first-order chi connectivity index (χ1) is 20.2. The molecule has 2 heterocycles. The summed E-state index contributed by atoms with van der Waals surface area (Å²) in [7, 11) is 1.36. The molecular weight excluding hydrogens is 587 g/mol. The minimum absolute atomic E-state index is 0.0154. The van der Waals surface area contributed by atoms with Crippen LogP contribution in [0.4, 0.5) is 18.0 Å². The van der Waals surface area contributed by atoms with Crippen LogP contribution in [0.25, 0.3) is 6.08 Å². The molecule has 43 heavy (non-hydrogen) atoms. The molecule has 0 spiro atoms. The maximum absolute atomic E-state index is 14.0. The number of rotatable bonds is 10. The summed E-state index contributed by atoms with van der Waals surface area (Å²) < 4.78 is 65.0. The van der Waals surface area contributed by atoms with Crippen molar-refractivity contribution >= 4 is 35.0 Å². The molecule has 0 radical (unpaired) electrons. The number of carbonyl (C=O) groups excluding carboxylic acids is 3. The van der Waals surface area contributed by atoms with Crippen molar-refractivity contribution in [1.29, 1.82) is 0 Å². The van der Waals surface area contributed by atoms with E-state index in [0.29, 0.717) is 56.2 Å². The van der Waals surface area contributed by atoms with Crippen molar-refractivity contribution < 1.29 is 46.5 Å². The van der Waals surface area contributed by atoms with Gasteiger partial charge in [0.25, 0.3) is 11.1 Å². The van der Waals surface area contributed by atoms with Crippen LogP contribution in [0.5, 0.6) is 17.2 Å². The molecule has 232 valence electrons. The number of methoxy groups -OCH3 is 1. The van der Waals surface area contributed by atoms with Gasteiger partial charge in [-0.2, -0.15) is 13.2 Å². The van der Waals surface area contributed by atoms with E-state index in [1.165, 1.54) is 25.3 Å². The molecule has 4 rings (SSSR count). The minimum atomic E-state index is -4.72. The number of benzene rings is 2. The fourth-order valence-electron chi connectivity index (χ4n) is 5.03. The Morgan fingerprint density at radius 3 is 2.51 bits per heavy atom. The highest BCUT2D eigenvalue weighted by Crippen LogP contribution is 2.44. The fraction of sp³-hybridized carbons (Fsp3) is 0.452. The Labute approximate surface area is 252 Å². The molecule has 1 fully saturated rings. The van der Waals surface area contributed by atoms with Gasteiger partial charge in [0.15, 0.2) is 0 Å². The summed E-state index contributed by atoms with van der Waals surface area (Å²) in [5.41, 5.74) is 1.97. The van der Waals surface area contributed by atoms with E-state index in [-0.39, 0.29) is 28.8 Å². The lowest BCUT2D eigenvalue weighted by Gasteiger charge is -2.38. The molecule has 2 aliphatic heterocycles. The zero-order chi connectivity index (χ0) is 31.5. The maximum atomic E-state index is 14.0. The second-order valence-corrected chi connectivity index (χ2v) is 11.9. The van der Waals surface area contributed by atoms with Crippen LogP contribution >= 0.6 is 11.8 Å². The minimum Gasteiger partial charge on any atom is -0.493 e. The van der Waals surface area contributed by atoms with Gasteiger partial charge in [-0.25, -0.2) is 0 Å². The predicted molar refractivity (Wildman–Crippen MR) is 155 cm³/mol. The highest BCUT2D eigenvalue weighted by Gasteiger charge is 2.38. The van der Waals surface area contributed by atoms with Crippen LogP contribution in [0.3, 0.4) is 0 Å². The standard InChI is InChI=1S/C31H34F3NO7S/c1-17-18(2)27-21(19(3)26(17)40-13-7-6-8-25(36)39-5)11-12-30(4,42-27)16-41-23-10-9-20(14-22(23)31(32,33)34)15-24-28(37)35-29(38)43-24/h9-10,14-15H,6-8,11-13,16H2,1-5H3,(H,35,37,38). The number of amides is 2. The summed E-state index contributed by atoms with van der Waals surface area (Å²) in [5, 5.41) is 1.50. The Morgan fingerprint density at radius 2 is 1.86 bits per heavy atom. The summed E-state index contributed by atoms with van der Waals surface area (Å²) in [6, 6.07) is 3.51. The highest BCUT2D eigenvalue weighted by atomic mass is 32.2. The number of fused-ring (bicyclic) bond motifs is 1. The SMILES string of the molecule is COC(=O)CCCCOc1c(C)c(C)c2c(c1C)CCC(C)(COc1ccc(C=C3SC(=O)NC3=O)cc1C(F)(F)F)O2. The summed E-state index contributed by atoms with van der Waals surface area (Å²) in [6.45, 7) is 7.96. The Hall–Kier alpha value is -3.67. The highest BCUT2D eigenvalue weighted by molar-refractivity contribution is 8.18. The molecule has 1 N–H and O–H groups in total. The topological polar surface area (TPSA) is 100 Å². The molecule has 0 aromatic heterocycles. The lowest BCUT2D eigenvalue weighted by Crippen LogP contribution is -2.42. The maximum Gasteiger partial charge on any atom is 0.419 e. The number of hydrogen-bond donors (Lipinski definition) is 1. The normalized spacial score (nSPS) is 19.1. The predicted octanol–water partition coefficient (Wildman–Crippen LogP) is 6.84. The number of ether oxygens (including phenoxy) is 4. The average Bonchev–Trinajstić information content (AvgIpc) is 3.27. The van der Waals surface area contributed by atoms with Crippen LogP contribution in [0, 0.1) is 20.8 Å². The molecule has 2 aromatic rings. The molecular formula is C31H34F3NO7S. The first kappa shape index (κ1) is 32.2. The lowest BCUT2D eigenvalue weighted by atomic mass is 9.87. The van der Waals surface area contributed by atoms with Crippen molar-refractivity contribution in [3.8, 4) is 17.2 Å². The third-order valence-corrected chi connectivity index (χ3v) is 8.41. The van der Waals surface area contributed by atoms with Gasteiger partial charge in [0.05, 0.1) is 24.2 Å². The first-order valence-corrected chi connectivity index (χ1v) is 14.6. The van der Waals surface area contributed by atoms with Gasteiger partial charge in [0.1, 0.15) is 29.5 Å². The van der Waals surface area contributed by atoms with Gasteiger partial charge in [-0.15, -0.1) is 0 Å². The van der Waals surface area contributed by atoms with E-state index in [0.717, 1.165) is 34.1 Å². The van der Waals surface area contributed by atoms with Gasteiger partial charge >= 0.3 is 12.1 Å². The third kappa shape index (κ3) is 7.46. The van der Waals surface area contributed by atoms with Crippen molar-refractivity contribution in [2.24, 2.45) is 0 Å². The molecule has 0 saturated carbocycles. The van der Waals surface area contributed by atoms with Crippen LogP contribution in [-0.2, 0) is 26.9 Å². The molecule has 0 bridgehead atoms. The van der Waals surface area contributed by atoms with Gasteiger partial charge in [-0.3, -0.25) is 19.7 Å². The van der Waals surface area contributed by atoms with Crippen LogP contribution in [0.15, 0.2) is 23.1 Å². The number of esters is 1. The van der Waals surface area contributed by atoms with Gasteiger partial charge in [-0.1, -0.05) is 6.07 Å². The van der Waals surface area contributed by atoms with E-state index >= 15 is 0 Å². The number of carbonyl (C=O) groups is 3. The molecule has 1 atom stereocenters. The molecule has 0 aliphatic carbocycles. The van der Waals surface area contributed by atoms with Crippen molar-refractivity contribution in [1.82, 2.24) is 5.32 Å². The molecule has 1 saturated heterocycles. The molecule has 2 amide bonds. The van der Waals surface area contributed by atoms with E-state index < -0.39 is 28.5 Å². The molecule has 12 heteroatoms. The van der Waals surface area contributed by atoms with Crippen molar-refractivity contribution in [3.63, 3.8) is 0 Å². The smallest absolute Gasteiger partial charge is 0.419 e. The van der Waals surface area contributed by atoms with Gasteiger partial charge in [-0.05, 0) is 106 Å². The molecule has 1 unspecified atom stereocenters. The van der Waals surface area contributed by atoms with Crippen LogP contribution in [0.1, 0.15) is 66.0 Å². The van der Waals surface area contributed by atoms with Gasteiger partial charge in [0.2, 0.25) is 0 Å². The fourth-order valence-corrected chi connectivity index (χ4v) is 5.72. The van der Waals surface area contributed by atoms with Crippen LogP contribution in [-0.4, -0.2) is 43.0 Å². The van der Waals surface area contributed by atoms with Gasteiger partial charge < -0.3 is 18.9 Å². The first-order valence-electron chi connectivity index (χ1n) is 13.8. The molecule has 2 aliphatic rings. The number of thioether (sulfide) groups is 1. The number of imide groups is 1. The number of halogens is 3. The van der Waals surface area contributed by atoms with E-state index in [9.17, 15) is 27.6 Å². The lowest BCUT2D eigenvalue weighted by molar-refractivity contribution is -0.141. The zero-order valence-corrected chi connectivity index (χ0v) is 25.5. The number of hydrogen-bond acceptors (Lipinski definition) is 8. The van der Waals surface area contributed by atoms with Crippen LogP contribution < -0.4 is 19.5 Å². The van der Waals surface area contributed by atoms with E-state index in [4.69, 9.17) is 14.2 Å². The van der Waals surface area contributed by atoms with Crippen molar-refractivity contribution in [2.45, 2.75) is 71.6 Å². The summed E-state index contributed by atoms with van der Waals surface area (Å²) >= 11 is 0.629. The summed E-state index contributed by atoms with van der Waals surface area (Å²) in [6.07, 6.45) is -0.660. The third-order valence-electron chi connectivity index (χ3n) is 7.59. The Kier molecular flexibility index (Phi) is 9.68. The second-order valence-electron chi connectivity index (χ2n) is 10.8. The zero-order valence-electron chi connectivity index (χ0n) is 24.7. The second kappa shape index (κ2) is 12.9. The Bertz CT molecular complexity index is 1470.